The molecule has 122 valence electrons. The molecule has 2 rings (SSSR count). The molecule has 0 aliphatic carbocycles. The van der Waals surface area contributed by atoms with Gasteiger partial charge in [0, 0.05) is 12.0 Å². The van der Waals surface area contributed by atoms with E-state index in [0.29, 0.717) is 22.8 Å². The number of carbonyl (C=O) groups excluding carboxylic acids is 1. The van der Waals surface area contributed by atoms with Crippen LogP contribution in [0.3, 0.4) is 0 Å². The lowest BCUT2D eigenvalue weighted by Crippen LogP contribution is -2.11. The third-order valence-electron chi connectivity index (χ3n) is 3.75. The number of hydrogen-bond donors (Lipinski definition) is 1. The summed E-state index contributed by atoms with van der Waals surface area (Å²) in [6.07, 6.45) is 0. The molecule has 0 saturated carbocycles. The Hall–Kier alpha value is -2.69. The van der Waals surface area contributed by atoms with E-state index in [1.54, 1.807) is 32.4 Å². The highest BCUT2D eigenvalue weighted by atomic mass is 16.5. The number of rotatable bonds is 6. The van der Waals surface area contributed by atoms with Crippen molar-refractivity contribution < 1.29 is 24.1 Å². The van der Waals surface area contributed by atoms with Gasteiger partial charge in [-0.2, -0.15) is 0 Å². The summed E-state index contributed by atoms with van der Waals surface area (Å²) in [6, 6.07) is 9.84. The molecule has 0 bridgehead atoms. The molecule has 0 saturated heterocycles. The van der Waals surface area contributed by atoms with Crippen molar-refractivity contribution in [2.24, 2.45) is 0 Å². The molecule has 0 aromatic heterocycles. The number of ketones is 1. The summed E-state index contributed by atoms with van der Waals surface area (Å²) in [6.45, 7) is 1.82. The van der Waals surface area contributed by atoms with E-state index in [9.17, 15) is 9.90 Å². The van der Waals surface area contributed by atoms with Gasteiger partial charge >= 0.3 is 0 Å². The van der Waals surface area contributed by atoms with Crippen LogP contribution in [-0.2, 0) is 0 Å². The van der Waals surface area contributed by atoms with Crippen LogP contribution in [0, 0.1) is 0 Å². The van der Waals surface area contributed by atoms with Crippen molar-refractivity contribution in [2.75, 3.05) is 21.3 Å². The quantitative estimate of drug-likeness (QED) is 0.827. The Kier molecular flexibility index (Phi) is 5.11. The highest BCUT2D eigenvalue weighted by Crippen LogP contribution is 2.33. The Labute approximate surface area is 135 Å². The van der Waals surface area contributed by atoms with Gasteiger partial charge < -0.3 is 19.3 Å². The first-order valence-electron chi connectivity index (χ1n) is 7.15. The van der Waals surface area contributed by atoms with Gasteiger partial charge in [-0.15, -0.1) is 0 Å². The van der Waals surface area contributed by atoms with Gasteiger partial charge in [0.15, 0.2) is 17.3 Å². The molecule has 23 heavy (non-hydrogen) atoms. The fourth-order valence-corrected chi connectivity index (χ4v) is 2.39. The largest absolute Gasteiger partial charge is 0.508 e. The van der Waals surface area contributed by atoms with Crippen molar-refractivity contribution in [3.05, 3.63) is 47.5 Å². The van der Waals surface area contributed by atoms with E-state index < -0.39 is 5.92 Å². The summed E-state index contributed by atoms with van der Waals surface area (Å²) in [5.74, 6) is 1.09. The number of phenols is 1. The van der Waals surface area contributed by atoms with Gasteiger partial charge in [0.25, 0.3) is 0 Å². The minimum atomic E-state index is -0.395. The maximum Gasteiger partial charge on any atom is 0.173 e. The van der Waals surface area contributed by atoms with E-state index in [1.807, 2.05) is 13.0 Å². The molecule has 2 aromatic rings. The second kappa shape index (κ2) is 7.05. The van der Waals surface area contributed by atoms with Gasteiger partial charge in [-0.25, -0.2) is 0 Å². The van der Waals surface area contributed by atoms with E-state index in [1.165, 1.54) is 19.2 Å². The van der Waals surface area contributed by atoms with E-state index in [4.69, 9.17) is 14.2 Å². The Bertz CT molecular complexity index is 709. The number of benzene rings is 2. The zero-order valence-electron chi connectivity index (χ0n) is 13.6. The van der Waals surface area contributed by atoms with Crippen LogP contribution in [0.25, 0.3) is 0 Å². The number of phenolic OH excluding ortho intramolecular Hbond substituents is 1. The van der Waals surface area contributed by atoms with Gasteiger partial charge in [-0.3, -0.25) is 4.79 Å². The predicted molar refractivity (Wildman–Crippen MR) is 87.0 cm³/mol. The molecule has 0 aliphatic rings. The van der Waals surface area contributed by atoms with Crippen molar-refractivity contribution in [2.45, 2.75) is 12.8 Å². The van der Waals surface area contributed by atoms with Crippen LogP contribution in [0.2, 0.25) is 0 Å². The van der Waals surface area contributed by atoms with E-state index in [-0.39, 0.29) is 11.5 Å². The Morgan fingerprint density at radius 1 is 0.913 bits per heavy atom. The zero-order chi connectivity index (χ0) is 17.0. The predicted octanol–water partition coefficient (Wildman–Crippen LogP) is 3.40. The normalized spacial score (nSPS) is 11.7. The average Bonchev–Trinajstić information content (AvgIpc) is 2.59. The molecule has 0 aliphatic heterocycles. The summed E-state index contributed by atoms with van der Waals surface area (Å²) in [5, 5.41) is 9.51. The van der Waals surface area contributed by atoms with Crippen LogP contribution in [0.15, 0.2) is 36.4 Å². The van der Waals surface area contributed by atoms with Crippen LogP contribution in [0.4, 0.5) is 0 Å². The van der Waals surface area contributed by atoms with E-state index >= 15 is 0 Å². The molecule has 1 atom stereocenters. The second-order valence-electron chi connectivity index (χ2n) is 5.08. The first-order valence-corrected chi connectivity index (χ1v) is 7.15. The first-order chi connectivity index (χ1) is 11.0. The Morgan fingerprint density at radius 3 is 2.17 bits per heavy atom. The smallest absolute Gasteiger partial charge is 0.173 e. The number of carbonyl (C=O) groups is 1. The topological polar surface area (TPSA) is 65.0 Å². The number of Topliss-reactive ketones (excluding diaryl/α,β-unsaturated/α-hetero) is 1. The van der Waals surface area contributed by atoms with E-state index in [0.717, 1.165) is 5.56 Å². The van der Waals surface area contributed by atoms with Crippen LogP contribution in [0.5, 0.6) is 23.0 Å². The molecule has 1 unspecified atom stereocenters. The summed E-state index contributed by atoms with van der Waals surface area (Å²) >= 11 is 0. The summed E-state index contributed by atoms with van der Waals surface area (Å²) in [4.78, 5) is 12.8. The van der Waals surface area contributed by atoms with Gasteiger partial charge in [-0.05, 0) is 29.8 Å². The van der Waals surface area contributed by atoms with Crippen molar-refractivity contribution in [1.82, 2.24) is 0 Å². The Balaban J connectivity index is 2.37. The number of aromatic hydroxyl groups is 1. The molecule has 0 fully saturated rings. The number of ether oxygens (including phenoxy) is 3. The molecule has 0 heterocycles. The fraction of sp³-hybridized carbons (Fsp3) is 0.278. The van der Waals surface area contributed by atoms with Gasteiger partial charge in [-0.1, -0.05) is 13.0 Å². The van der Waals surface area contributed by atoms with E-state index in [2.05, 4.69) is 0 Å². The maximum atomic E-state index is 12.8. The van der Waals surface area contributed by atoms with Gasteiger partial charge in [0.1, 0.15) is 11.5 Å². The summed E-state index contributed by atoms with van der Waals surface area (Å²) in [7, 11) is 4.58. The number of hydrogen-bond acceptors (Lipinski definition) is 5. The van der Waals surface area contributed by atoms with Crippen molar-refractivity contribution in [3.63, 3.8) is 0 Å². The lowest BCUT2D eigenvalue weighted by Gasteiger charge is -2.16. The molecule has 2 aromatic carbocycles. The lowest BCUT2D eigenvalue weighted by atomic mass is 9.91. The van der Waals surface area contributed by atoms with Gasteiger partial charge in [0.05, 0.1) is 26.9 Å². The summed E-state index contributed by atoms with van der Waals surface area (Å²) in [5.41, 5.74) is 1.23. The second-order valence-corrected chi connectivity index (χ2v) is 5.08. The van der Waals surface area contributed by atoms with Crippen LogP contribution >= 0.6 is 0 Å². The highest BCUT2D eigenvalue weighted by Gasteiger charge is 2.22. The van der Waals surface area contributed by atoms with Crippen LogP contribution in [-0.4, -0.2) is 32.2 Å². The monoisotopic (exact) mass is 316 g/mol. The minimum Gasteiger partial charge on any atom is -0.508 e. The minimum absolute atomic E-state index is 0.0529. The van der Waals surface area contributed by atoms with Crippen LogP contribution in [0.1, 0.15) is 28.8 Å². The number of methoxy groups -OCH3 is 3. The van der Waals surface area contributed by atoms with Crippen molar-refractivity contribution >= 4 is 5.78 Å². The Morgan fingerprint density at radius 2 is 1.57 bits per heavy atom. The first kappa shape index (κ1) is 16.7. The molecule has 0 radical (unpaired) electrons. The molecular formula is C18H20O5. The molecule has 1 N–H and O–H groups in total. The SMILES string of the molecule is COc1ccc(C(C)C(=O)c2ccc(O)cc2OC)cc1OC. The fourth-order valence-electron chi connectivity index (χ4n) is 2.39. The standard InChI is InChI=1S/C18H20O5/c1-11(12-5-8-15(21-2)17(9-12)23-4)18(20)14-7-6-13(19)10-16(14)22-3/h5-11,19H,1-4H3. The third-order valence-corrected chi connectivity index (χ3v) is 3.75. The van der Waals surface area contributed by atoms with Gasteiger partial charge in [0.2, 0.25) is 0 Å². The van der Waals surface area contributed by atoms with Crippen molar-refractivity contribution in [3.8, 4) is 23.0 Å². The van der Waals surface area contributed by atoms with Crippen molar-refractivity contribution in [1.29, 1.82) is 0 Å². The zero-order valence-corrected chi connectivity index (χ0v) is 13.6. The highest BCUT2D eigenvalue weighted by molar-refractivity contribution is 6.03. The van der Waals surface area contributed by atoms with Crippen LogP contribution < -0.4 is 14.2 Å². The molecule has 5 nitrogen and oxygen atoms in total. The maximum absolute atomic E-state index is 12.8. The molecule has 0 spiro atoms. The lowest BCUT2D eigenvalue weighted by molar-refractivity contribution is 0.0963. The third kappa shape index (κ3) is 3.39. The molecular weight excluding hydrogens is 296 g/mol. The average molecular weight is 316 g/mol. The molecule has 5 heteroatoms. The molecule has 0 amide bonds. The summed E-state index contributed by atoms with van der Waals surface area (Å²) < 4.78 is 15.7.